The lowest BCUT2D eigenvalue weighted by Crippen LogP contribution is -2.20. The molecule has 6 heteroatoms. The molecular formula is C15H15NO4S. The lowest BCUT2D eigenvalue weighted by molar-refractivity contribution is -0.118. The van der Waals surface area contributed by atoms with Crippen LogP contribution in [0.1, 0.15) is 22.2 Å². The van der Waals surface area contributed by atoms with Gasteiger partial charge in [0, 0.05) is 17.1 Å². The highest BCUT2D eigenvalue weighted by Gasteiger charge is 2.09. The molecule has 0 aliphatic heterocycles. The van der Waals surface area contributed by atoms with Gasteiger partial charge in [-0.2, -0.15) is 0 Å². The van der Waals surface area contributed by atoms with Crippen molar-refractivity contribution in [3.63, 3.8) is 0 Å². The number of carbonyl (C=O) groups excluding carboxylic acids is 1. The van der Waals surface area contributed by atoms with Crippen LogP contribution in [0, 0.1) is 0 Å². The summed E-state index contributed by atoms with van der Waals surface area (Å²) >= 11 is 1.06. The number of carboxylic acid groups (broad SMARTS) is 1. The van der Waals surface area contributed by atoms with E-state index in [9.17, 15) is 9.59 Å². The van der Waals surface area contributed by atoms with Crippen LogP contribution in [0.3, 0.4) is 0 Å². The Morgan fingerprint density at radius 3 is 2.81 bits per heavy atom. The molecule has 0 saturated heterocycles. The predicted molar refractivity (Wildman–Crippen MR) is 81.2 cm³/mol. The average Bonchev–Trinajstić information content (AvgIpc) is 2.94. The number of amides is 1. The van der Waals surface area contributed by atoms with Gasteiger partial charge in [-0.25, -0.2) is 4.79 Å². The minimum Gasteiger partial charge on any atom is -0.483 e. The quantitative estimate of drug-likeness (QED) is 0.860. The first kappa shape index (κ1) is 15.1. The van der Waals surface area contributed by atoms with Crippen molar-refractivity contribution in [1.82, 2.24) is 0 Å². The molecule has 1 aromatic carbocycles. The number of ether oxygens (including phenoxy) is 1. The number of rotatable bonds is 6. The topological polar surface area (TPSA) is 75.6 Å². The third-order valence-corrected chi connectivity index (χ3v) is 3.67. The van der Waals surface area contributed by atoms with E-state index in [1.54, 1.807) is 5.38 Å². The molecule has 0 saturated carbocycles. The molecular weight excluding hydrogens is 290 g/mol. The molecule has 0 atom stereocenters. The second-order valence-corrected chi connectivity index (χ2v) is 5.25. The van der Waals surface area contributed by atoms with E-state index in [0.29, 0.717) is 5.75 Å². The molecule has 110 valence electrons. The Kier molecular flexibility index (Phi) is 4.94. The number of nitrogens with one attached hydrogen (secondary N) is 1. The SMILES string of the molecule is CCc1cccc(NC(=O)COc2csc(C(=O)O)c2)c1. The first-order valence-corrected chi connectivity index (χ1v) is 7.30. The van der Waals surface area contributed by atoms with Crippen LogP contribution in [-0.2, 0) is 11.2 Å². The zero-order valence-electron chi connectivity index (χ0n) is 11.5. The molecule has 0 aliphatic rings. The monoisotopic (exact) mass is 305 g/mol. The molecule has 1 amide bonds. The number of hydrogen-bond donors (Lipinski definition) is 2. The van der Waals surface area contributed by atoms with Crippen molar-refractivity contribution in [3.05, 3.63) is 46.2 Å². The highest BCUT2D eigenvalue weighted by atomic mass is 32.1. The van der Waals surface area contributed by atoms with Crippen LogP contribution in [0.25, 0.3) is 0 Å². The first-order valence-electron chi connectivity index (χ1n) is 6.42. The fourth-order valence-electron chi connectivity index (χ4n) is 1.72. The smallest absolute Gasteiger partial charge is 0.346 e. The van der Waals surface area contributed by atoms with Gasteiger partial charge >= 0.3 is 5.97 Å². The summed E-state index contributed by atoms with van der Waals surface area (Å²) in [5, 5.41) is 13.1. The summed E-state index contributed by atoms with van der Waals surface area (Å²) in [6, 6.07) is 8.99. The number of anilines is 1. The summed E-state index contributed by atoms with van der Waals surface area (Å²) in [7, 11) is 0. The van der Waals surface area contributed by atoms with Crippen molar-refractivity contribution in [2.24, 2.45) is 0 Å². The summed E-state index contributed by atoms with van der Waals surface area (Å²) in [6.45, 7) is 1.88. The first-order chi connectivity index (χ1) is 10.1. The van der Waals surface area contributed by atoms with Crippen LogP contribution in [-0.4, -0.2) is 23.6 Å². The van der Waals surface area contributed by atoms with Crippen LogP contribution in [0.5, 0.6) is 5.75 Å². The van der Waals surface area contributed by atoms with Crippen LogP contribution < -0.4 is 10.1 Å². The molecule has 5 nitrogen and oxygen atoms in total. The maximum Gasteiger partial charge on any atom is 0.346 e. The van der Waals surface area contributed by atoms with Crippen LogP contribution in [0.2, 0.25) is 0 Å². The Morgan fingerprint density at radius 2 is 2.14 bits per heavy atom. The molecule has 21 heavy (non-hydrogen) atoms. The summed E-state index contributed by atoms with van der Waals surface area (Å²) in [5.41, 5.74) is 1.86. The van der Waals surface area contributed by atoms with Crippen LogP contribution >= 0.6 is 11.3 Å². The number of carbonyl (C=O) groups is 2. The maximum atomic E-state index is 11.8. The minimum absolute atomic E-state index is 0.161. The number of aromatic carboxylic acids is 1. The number of thiophene rings is 1. The van der Waals surface area contributed by atoms with Gasteiger partial charge in [0.1, 0.15) is 10.6 Å². The Hall–Kier alpha value is -2.34. The van der Waals surface area contributed by atoms with Gasteiger partial charge < -0.3 is 15.2 Å². The molecule has 0 radical (unpaired) electrons. The maximum absolute atomic E-state index is 11.8. The lowest BCUT2D eigenvalue weighted by atomic mass is 10.1. The molecule has 0 spiro atoms. The van der Waals surface area contributed by atoms with E-state index in [1.165, 1.54) is 6.07 Å². The molecule has 0 unspecified atom stereocenters. The minimum atomic E-state index is -1.00. The van der Waals surface area contributed by atoms with E-state index in [4.69, 9.17) is 9.84 Å². The van der Waals surface area contributed by atoms with Gasteiger partial charge in [-0.1, -0.05) is 19.1 Å². The fourth-order valence-corrected chi connectivity index (χ4v) is 2.39. The molecule has 0 aliphatic carbocycles. The predicted octanol–water partition coefficient (Wildman–Crippen LogP) is 3.03. The zero-order valence-corrected chi connectivity index (χ0v) is 12.3. The van der Waals surface area contributed by atoms with Crippen molar-refractivity contribution in [2.75, 3.05) is 11.9 Å². The van der Waals surface area contributed by atoms with Gasteiger partial charge in [0.05, 0.1) is 0 Å². The van der Waals surface area contributed by atoms with Crippen molar-refractivity contribution in [2.45, 2.75) is 13.3 Å². The largest absolute Gasteiger partial charge is 0.483 e. The van der Waals surface area contributed by atoms with Gasteiger partial charge in [0.2, 0.25) is 0 Å². The van der Waals surface area contributed by atoms with Crippen molar-refractivity contribution in [3.8, 4) is 5.75 Å². The normalized spacial score (nSPS) is 10.1. The second-order valence-electron chi connectivity index (χ2n) is 4.34. The molecule has 0 bridgehead atoms. The van der Waals surface area contributed by atoms with E-state index in [1.807, 2.05) is 31.2 Å². The Bertz CT molecular complexity index is 651. The lowest BCUT2D eigenvalue weighted by Gasteiger charge is -2.07. The van der Waals surface area contributed by atoms with Crippen molar-refractivity contribution in [1.29, 1.82) is 0 Å². The summed E-state index contributed by atoms with van der Waals surface area (Å²) in [4.78, 5) is 22.7. The van der Waals surface area contributed by atoms with Gasteiger partial charge in [-0.3, -0.25) is 4.79 Å². The van der Waals surface area contributed by atoms with Gasteiger partial charge in [-0.15, -0.1) is 11.3 Å². The molecule has 2 aromatic rings. The van der Waals surface area contributed by atoms with Gasteiger partial charge in [0.25, 0.3) is 5.91 Å². The van der Waals surface area contributed by atoms with Crippen LogP contribution in [0.4, 0.5) is 5.69 Å². The molecule has 1 heterocycles. The highest BCUT2D eigenvalue weighted by molar-refractivity contribution is 7.12. The zero-order chi connectivity index (χ0) is 15.2. The highest BCUT2D eigenvalue weighted by Crippen LogP contribution is 2.21. The van der Waals surface area contributed by atoms with Gasteiger partial charge in [0.15, 0.2) is 6.61 Å². The molecule has 2 N–H and O–H groups in total. The number of aryl methyl sites for hydroxylation is 1. The van der Waals surface area contributed by atoms with E-state index in [0.717, 1.165) is 29.0 Å². The Morgan fingerprint density at radius 1 is 1.33 bits per heavy atom. The van der Waals surface area contributed by atoms with E-state index >= 15 is 0 Å². The average molecular weight is 305 g/mol. The second kappa shape index (κ2) is 6.90. The molecule has 0 fully saturated rings. The summed E-state index contributed by atoms with van der Waals surface area (Å²) in [6.07, 6.45) is 0.896. The standard InChI is InChI=1S/C15H15NO4S/c1-2-10-4-3-5-11(6-10)16-14(17)8-20-12-7-13(15(18)19)21-9-12/h3-7,9H,2,8H2,1H3,(H,16,17)(H,18,19). The summed E-state index contributed by atoms with van der Waals surface area (Å²) in [5.74, 6) is -0.906. The number of hydrogen-bond acceptors (Lipinski definition) is 4. The van der Waals surface area contributed by atoms with E-state index in [-0.39, 0.29) is 17.4 Å². The number of benzene rings is 1. The third-order valence-electron chi connectivity index (χ3n) is 2.78. The van der Waals surface area contributed by atoms with E-state index < -0.39 is 5.97 Å². The van der Waals surface area contributed by atoms with Gasteiger partial charge in [-0.05, 0) is 24.1 Å². The van der Waals surface area contributed by atoms with Crippen LogP contribution in [0.15, 0.2) is 35.7 Å². The summed E-state index contributed by atoms with van der Waals surface area (Å²) < 4.78 is 5.26. The fraction of sp³-hybridized carbons (Fsp3) is 0.200. The van der Waals surface area contributed by atoms with E-state index in [2.05, 4.69) is 5.32 Å². The number of carboxylic acids is 1. The third kappa shape index (κ3) is 4.32. The molecule has 2 rings (SSSR count). The molecule has 1 aromatic heterocycles. The Labute approximate surface area is 126 Å². The van der Waals surface area contributed by atoms with Crippen molar-refractivity contribution < 1.29 is 19.4 Å². The van der Waals surface area contributed by atoms with Crippen molar-refractivity contribution >= 4 is 28.9 Å². The Balaban J connectivity index is 1.87.